The summed E-state index contributed by atoms with van der Waals surface area (Å²) in [6, 6.07) is 11.2. The number of nitrogens with zero attached hydrogens (tertiary/aromatic N) is 4. The molecular formula is C16H14N6O2S2. The minimum atomic E-state index is -0.432. The number of thiazole rings is 1. The van der Waals surface area contributed by atoms with E-state index in [2.05, 4.69) is 20.5 Å². The summed E-state index contributed by atoms with van der Waals surface area (Å²) < 4.78 is 7.61. The molecule has 0 fully saturated rings. The number of nitrogens with two attached hydrogens (primary N) is 1. The number of benzene rings is 1. The zero-order valence-electron chi connectivity index (χ0n) is 13.6. The second-order valence-corrected chi connectivity index (χ2v) is 7.73. The number of hydrogen-bond donors (Lipinski definition) is 2. The quantitative estimate of drug-likeness (QED) is 0.400. The van der Waals surface area contributed by atoms with E-state index in [-0.39, 0.29) is 5.91 Å². The van der Waals surface area contributed by atoms with Gasteiger partial charge in [0.05, 0.1) is 21.7 Å². The van der Waals surface area contributed by atoms with E-state index in [0.29, 0.717) is 21.9 Å². The van der Waals surface area contributed by atoms with Gasteiger partial charge in [-0.15, -0.1) is 10.2 Å². The van der Waals surface area contributed by atoms with Gasteiger partial charge < -0.3 is 15.6 Å². The third-order valence-corrected chi connectivity index (χ3v) is 5.59. The number of furan rings is 1. The topological polar surface area (TPSA) is 112 Å². The monoisotopic (exact) mass is 386 g/mol. The first-order valence-electron chi connectivity index (χ1n) is 7.69. The van der Waals surface area contributed by atoms with Gasteiger partial charge in [-0.3, -0.25) is 4.79 Å². The largest absolute Gasteiger partial charge is 0.461 e. The molecule has 1 aromatic carbocycles. The van der Waals surface area contributed by atoms with Crippen molar-refractivity contribution in [1.82, 2.24) is 19.9 Å². The van der Waals surface area contributed by atoms with Crippen LogP contribution in [0.15, 0.2) is 52.2 Å². The highest BCUT2D eigenvalue weighted by atomic mass is 32.2. The number of nitrogen functional groups attached to an aromatic ring is 1. The maximum atomic E-state index is 12.5. The lowest BCUT2D eigenvalue weighted by atomic mass is 10.3. The summed E-state index contributed by atoms with van der Waals surface area (Å²) in [6.07, 6.45) is 1.53. The zero-order valence-corrected chi connectivity index (χ0v) is 15.3. The third-order valence-electron chi connectivity index (χ3n) is 3.58. The van der Waals surface area contributed by atoms with Crippen LogP contribution in [0.25, 0.3) is 21.8 Å². The van der Waals surface area contributed by atoms with E-state index in [4.69, 9.17) is 10.3 Å². The molecule has 0 aliphatic rings. The Morgan fingerprint density at radius 2 is 2.15 bits per heavy atom. The van der Waals surface area contributed by atoms with Gasteiger partial charge in [0.1, 0.15) is 0 Å². The molecule has 8 nitrogen and oxygen atoms in total. The zero-order chi connectivity index (χ0) is 18.1. The standard InChI is InChI=1S/C16H14N6O2S2/c1-9(14(23)19-15-18-10-5-2-3-7-12(10)26-15)25-16-21-20-13(22(16)17)11-6-4-8-24-11/h2-9H,17H2,1H3,(H,18,19,23)/t9-/m1/s1. The minimum absolute atomic E-state index is 0.184. The average Bonchev–Trinajstić information content (AvgIpc) is 3.35. The molecule has 10 heteroatoms. The molecule has 0 unspecified atom stereocenters. The second-order valence-electron chi connectivity index (χ2n) is 5.39. The van der Waals surface area contributed by atoms with Crippen molar-refractivity contribution in [3.8, 4) is 11.6 Å². The number of rotatable bonds is 5. The van der Waals surface area contributed by atoms with Gasteiger partial charge in [0.2, 0.25) is 16.9 Å². The van der Waals surface area contributed by atoms with Crippen LogP contribution in [-0.2, 0) is 4.79 Å². The Morgan fingerprint density at radius 3 is 2.92 bits per heavy atom. The van der Waals surface area contributed by atoms with E-state index in [1.807, 2.05) is 24.3 Å². The first-order valence-corrected chi connectivity index (χ1v) is 9.39. The molecular weight excluding hydrogens is 372 g/mol. The Morgan fingerprint density at radius 1 is 1.31 bits per heavy atom. The molecule has 0 aliphatic heterocycles. The maximum absolute atomic E-state index is 12.5. The molecule has 3 heterocycles. The van der Waals surface area contributed by atoms with Crippen molar-refractivity contribution in [2.75, 3.05) is 11.2 Å². The lowest BCUT2D eigenvalue weighted by Gasteiger charge is -2.09. The van der Waals surface area contributed by atoms with E-state index < -0.39 is 5.25 Å². The van der Waals surface area contributed by atoms with Crippen LogP contribution >= 0.6 is 23.1 Å². The number of thioether (sulfide) groups is 1. The highest BCUT2D eigenvalue weighted by molar-refractivity contribution is 8.00. The normalized spacial score (nSPS) is 12.3. The SMILES string of the molecule is C[C@@H](Sc1nnc(-c2ccco2)n1N)C(=O)Nc1nc2ccccc2s1. The van der Waals surface area contributed by atoms with E-state index >= 15 is 0 Å². The van der Waals surface area contributed by atoms with Gasteiger partial charge in [0.25, 0.3) is 0 Å². The fourth-order valence-electron chi connectivity index (χ4n) is 2.28. The molecule has 0 aliphatic carbocycles. The summed E-state index contributed by atoms with van der Waals surface area (Å²) in [4.78, 5) is 16.9. The molecule has 26 heavy (non-hydrogen) atoms. The summed E-state index contributed by atoms with van der Waals surface area (Å²) >= 11 is 2.64. The van der Waals surface area contributed by atoms with Gasteiger partial charge in [-0.1, -0.05) is 35.2 Å². The van der Waals surface area contributed by atoms with Crippen molar-refractivity contribution in [2.45, 2.75) is 17.3 Å². The molecule has 4 aromatic rings. The lowest BCUT2D eigenvalue weighted by molar-refractivity contribution is -0.115. The Labute approximate surface area is 156 Å². The van der Waals surface area contributed by atoms with Crippen LogP contribution in [0.3, 0.4) is 0 Å². The molecule has 0 radical (unpaired) electrons. The van der Waals surface area contributed by atoms with Crippen molar-refractivity contribution < 1.29 is 9.21 Å². The van der Waals surface area contributed by atoms with E-state index in [9.17, 15) is 4.79 Å². The summed E-state index contributed by atoms with van der Waals surface area (Å²) in [5.41, 5.74) is 0.859. The Balaban J connectivity index is 1.46. The Hall–Kier alpha value is -2.85. The van der Waals surface area contributed by atoms with Gasteiger partial charge >= 0.3 is 0 Å². The highest BCUT2D eigenvalue weighted by Crippen LogP contribution is 2.28. The highest BCUT2D eigenvalue weighted by Gasteiger charge is 2.21. The Bertz CT molecular complexity index is 1020. The maximum Gasteiger partial charge on any atom is 0.239 e. The molecule has 1 amide bonds. The summed E-state index contributed by atoms with van der Waals surface area (Å²) in [5, 5.41) is 11.4. The molecule has 0 saturated heterocycles. The van der Waals surface area contributed by atoms with Crippen molar-refractivity contribution in [3.63, 3.8) is 0 Å². The van der Waals surface area contributed by atoms with Gasteiger partial charge in [0, 0.05) is 0 Å². The number of fused-ring (bicyclic) bond motifs is 1. The second kappa shape index (κ2) is 6.81. The third kappa shape index (κ3) is 3.16. The number of amides is 1. The molecule has 4 rings (SSSR count). The van der Waals surface area contributed by atoms with Gasteiger partial charge in [-0.2, -0.15) is 0 Å². The fraction of sp³-hybridized carbons (Fsp3) is 0.125. The average molecular weight is 386 g/mol. The van der Waals surface area contributed by atoms with Crippen LogP contribution in [0.2, 0.25) is 0 Å². The molecule has 0 spiro atoms. The fourth-order valence-corrected chi connectivity index (χ4v) is 3.91. The number of nitrogens with one attached hydrogen (secondary N) is 1. The first kappa shape index (κ1) is 16.6. The predicted octanol–water partition coefficient (Wildman–Crippen LogP) is 2.98. The van der Waals surface area contributed by atoms with Crippen molar-refractivity contribution in [1.29, 1.82) is 0 Å². The van der Waals surface area contributed by atoms with Crippen molar-refractivity contribution in [2.24, 2.45) is 0 Å². The Kier molecular flexibility index (Phi) is 4.35. The number of para-hydroxylation sites is 1. The smallest absolute Gasteiger partial charge is 0.239 e. The molecule has 132 valence electrons. The van der Waals surface area contributed by atoms with Crippen LogP contribution in [-0.4, -0.2) is 31.0 Å². The van der Waals surface area contributed by atoms with Crippen LogP contribution in [0, 0.1) is 0 Å². The van der Waals surface area contributed by atoms with Crippen molar-refractivity contribution >= 4 is 44.4 Å². The minimum Gasteiger partial charge on any atom is -0.461 e. The van der Waals surface area contributed by atoms with E-state index in [1.54, 1.807) is 19.1 Å². The first-order chi connectivity index (χ1) is 12.6. The molecule has 0 saturated carbocycles. The van der Waals surface area contributed by atoms with Gasteiger partial charge in [-0.25, -0.2) is 9.66 Å². The summed E-state index contributed by atoms with van der Waals surface area (Å²) in [7, 11) is 0. The molecule has 1 atom stereocenters. The van der Waals surface area contributed by atoms with E-state index in [0.717, 1.165) is 10.2 Å². The molecule has 3 N–H and O–H groups in total. The van der Waals surface area contributed by atoms with Crippen molar-refractivity contribution in [3.05, 3.63) is 42.7 Å². The summed E-state index contributed by atoms with van der Waals surface area (Å²) in [5.74, 6) is 6.74. The van der Waals surface area contributed by atoms with Crippen LogP contribution in [0.5, 0.6) is 0 Å². The van der Waals surface area contributed by atoms with Crippen LogP contribution in [0.4, 0.5) is 5.13 Å². The number of anilines is 1. The van der Waals surface area contributed by atoms with Crippen LogP contribution in [0.1, 0.15) is 6.92 Å². The summed E-state index contributed by atoms with van der Waals surface area (Å²) in [6.45, 7) is 1.77. The number of carbonyl (C=O) groups is 1. The van der Waals surface area contributed by atoms with Gasteiger partial charge in [0.15, 0.2) is 10.9 Å². The van der Waals surface area contributed by atoms with Crippen LogP contribution < -0.4 is 11.2 Å². The van der Waals surface area contributed by atoms with E-state index in [1.165, 1.54) is 34.0 Å². The molecule has 0 bridgehead atoms. The van der Waals surface area contributed by atoms with Gasteiger partial charge in [-0.05, 0) is 31.2 Å². The predicted molar refractivity (Wildman–Crippen MR) is 101 cm³/mol. The number of carbonyl (C=O) groups excluding carboxylic acids is 1. The molecule has 3 aromatic heterocycles. The number of aromatic nitrogens is 4. The number of hydrogen-bond acceptors (Lipinski definition) is 8. The lowest BCUT2D eigenvalue weighted by Crippen LogP contribution is -2.23.